The van der Waals surface area contributed by atoms with Gasteiger partial charge in [0.2, 0.25) is 0 Å². The number of nitrogens with zero attached hydrogens (tertiary/aromatic N) is 1. The van der Waals surface area contributed by atoms with E-state index in [0.717, 1.165) is 51.6 Å². The van der Waals surface area contributed by atoms with Crippen LogP contribution in [0.2, 0.25) is 0 Å². The number of unbranched alkanes of at least 4 members (excludes halogenated alkanes) is 2. The Morgan fingerprint density at radius 3 is 2.34 bits per heavy atom. The summed E-state index contributed by atoms with van der Waals surface area (Å²) in [6, 6.07) is 10.8. The summed E-state index contributed by atoms with van der Waals surface area (Å²) < 4.78 is 16.1. The second-order valence-corrected chi connectivity index (χ2v) is 9.72. The van der Waals surface area contributed by atoms with Crippen molar-refractivity contribution in [3.8, 4) is 5.75 Å². The van der Waals surface area contributed by atoms with Gasteiger partial charge in [-0.25, -0.2) is 4.98 Å². The summed E-state index contributed by atoms with van der Waals surface area (Å²) in [6.07, 6.45) is 14.7. The molecule has 0 aliphatic heterocycles. The maximum atomic E-state index is 12.2. The second kappa shape index (κ2) is 26.2. The van der Waals surface area contributed by atoms with Crippen molar-refractivity contribution >= 4 is 17.4 Å². The molecule has 41 heavy (non-hydrogen) atoms. The Hall–Kier alpha value is -2.68. The van der Waals surface area contributed by atoms with Crippen LogP contribution in [0.1, 0.15) is 103 Å². The molecule has 0 saturated heterocycles. The number of hydrogen-bond donors (Lipinski definition) is 3. The Balaban J connectivity index is 0.000000779. The molecule has 1 aliphatic rings. The molecule has 1 amide bonds. The van der Waals surface area contributed by atoms with E-state index in [1.54, 1.807) is 31.5 Å². The molecule has 8 nitrogen and oxygen atoms in total. The topological polar surface area (TPSA) is 108 Å². The smallest absolute Gasteiger partial charge is 0.257 e. The monoisotopic (exact) mass is 574 g/mol. The molecule has 0 spiro atoms. The van der Waals surface area contributed by atoms with Crippen molar-refractivity contribution in [3.05, 3.63) is 48.2 Å². The van der Waals surface area contributed by atoms with Gasteiger partial charge in [0.1, 0.15) is 11.6 Å². The van der Waals surface area contributed by atoms with Gasteiger partial charge in [-0.05, 0) is 63.4 Å². The molecule has 0 bridgehead atoms. The van der Waals surface area contributed by atoms with Gasteiger partial charge in [-0.2, -0.15) is 0 Å². The third kappa shape index (κ3) is 19.1. The summed E-state index contributed by atoms with van der Waals surface area (Å²) in [5, 5.41) is 6.02. The van der Waals surface area contributed by atoms with Crippen molar-refractivity contribution in [2.24, 2.45) is 5.73 Å². The maximum Gasteiger partial charge on any atom is 0.257 e. The Labute approximate surface area is 250 Å². The highest BCUT2D eigenvalue weighted by Gasteiger charge is 2.12. The summed E-state index contributed by atoms with van der Waals surface area (Å²) in [5.41, 5.74) is 6.54. The first kappa shape index (κ1) is 38.3. The molecule has 234 valence electrons. The number of pyridine rings is 1. The summed E-state index contributed by atoms with van der Waals surface area (Å²) in [4.78, 5) is 16.5. The minimum absolute atomic E-state index is 0. The summed E-state index contributed by atoms with van der Waals surface area (Å²) in [7, 11) is 1.59. The van der Waals surface area contributed by atoms with Gasteiger partial charge in [0, 0.05) is 44.3 Å². The molecule has 4 N–H and O–H groups in total. The number of benzene rings is 1. The predicted octanol–water partition coefficient (Wildman–Crippen LogP) is 7.70. The number of aromatic nitrogens is 1. The third-order valence-corrected chi connectivity index (χ3v) is 6.29. The Morgan fingerprint density at radius 1 is 1.00 bits per heavy atom. The largest absolute Gasteiger partial charge is 0.497 e. The van der Waals surface area contributed by atoms with Gasteiger partial charge >= 0.3 is 0 Å². The lowest BCUT2D eigenvalue weighted by Gasteiger charge is -2.21. The number of ether oxygens (including phenoxy) is 3. The van der Waals surface area contributed by atoms with Gasteiger partial charge in [-0.1, -0.05) is 65.9 Å². The van der Waals surface area contributed by atoms with Crippen molar-refractivity contribution in [1.82, 2.24) is 4.98 Å². The molecule has 0 atom stereocenters. The first-order valence-electron chi connectivity index (χ1n) is 15.1. The van der Waals surface area contributed by atoms with E-state index in [9.17, 15) is 4.79 Å². The van der Waals surface area contributed by atoms with Crippen LogP contribution < -0.4 is 21.1 Å². The molecule has 1 aromatic heterocycles. The molecule has 1 aromatic carbocycles. The molecule has 3 rings (SSSR count). The van der Waals surface area contributed by atoms with E-state index < -0.39 is 0 Å². The number of hydrogen-bond acceptors (Lipinski definition) is 7. The maximum absolute atomic E-state index is 12.2. The van der Waals surface area contributed by atoms with Gasteiger partial charge in [0.25, 0.3) is 5.91 Å². The zero-order valence-electron chi connectivity index (χ0n) is 25.4. The minimum atomic E-state index is -0.210. The number of rotatable bonds is 15. The Kier molecular flexibility index (Phi) is 24.5. The molecule has 0 radical (unpaired) electrons. The Bertz CT molecular complexity index is 872. The lowest BCUT2D eigenvalue weighted by atomic mass is 9.98. The van der Waals surface area contributed by atoms with Crippen LogP contribution in [-0.2, 0) is 9.47 Å². The predicted molar refractivity (Wildman–Crippen MR) is 173 cm³/mol. The zero-order chi connectivity index (χ0) is 29.3. The number of nitrogens with one attached hydrogen (secondary N) is 2. The second-order valence-electron chi connectivity index (χ2n) is 9.72. The number of carbonyl (C=O) groups is 1. The van der Waals surface area contributed by atoms with E-state index >= 15 is 0 Å². The van der Waals surface area contributed by atoms with Crippen molar-refractivity contribution in [1.29, 1.82) is 0 Å². The number of nitrogens with two attached hydrogens (primary N) is 1. The number of amides is 1. The minimum Gasteiger partial charge on any atom is -0.497 e. The average molecular weight is 575 g/mol. The lowest BCUT2D eigenvalue weighted by Crippen LogP contribution is -2.18. The molecule has 1 fully saturated rings. The van der Waals surface area contributed by atoms with Crippen molar-refractivity contribution in [2.75, 3.05) is 50.7 Å². The highest BCUT2D eigenvalue weighted by Crippen LogP contribution is 2.20. The summed E-state index contributed by atoms with van der Waals surface area (Å²) in [6.45, 7) is 10.3. The molecular weight excluding hydrogens is 516 g/mol. The molecule has 1 heterocycles. The molecular formula is C33H58N4O4. The van der Waals surface area contributed by atoms with Crippen LogP contribution in [0.5, 0.6) is 5.75 Å². The molecule has 8 heteroatoms. The fourth-order valence-corrected chi connectivity index (χ4v) is 3.99. The van der Waals surface area contributed by atoms with Crippen LogP contribution in [0.3, 0.4) is 0 Å². The Morgan fingerprint density at radius 2 is 1.76 bits per heavy atom. The van der Waals surface area contributed by atoms with Crippen LogP contribution in [0.4, 0.5) is 11.5 Å². The van der Waals surface area contributed by atoms with Gasteiger partial charge in [0.15, 0.2) is 0 Å². The van der Waals surface area contributed by atoms with Gasteiger partial charge < -0.3 is 30.6 Å². The van der Waals surface area contributed by atoms with Crippen LogP contribution in [-0.4, -0.2) is 57.0 Å². The molecule has 1 saturated carbocycles. The van der Waals surface area contributed by atoms with E-state index in [2.05, 4.69) is 29.5 Å². The van der Waals surface area contributed by atoms with Crippen molar-refractivity contribution in [3.63, 3.8) is 0 Å². The fourth-order valence-electron chi connectivity index (χ4n) is 3.99. The standard InChI is InChI=1S/C18H23N3O3.C9H19NO.C5H12.CH4/c1-3-24-11-5-10-19-17-9-8-14(13-20-17)18(22)21-15-6-4-7-16(12-15)23-2;10-7-4-8-11-9-5-2-1-3-6-9;1-3-5-4-2;/h4,6-9,12-13H,3,5,10-11H2,1-2H3,(H,19,20)(H,21,22);9H,1-8,10H2;3-5H2,1-2H3;1H4. The first-order chi connectivity index (χ1) is 19.6. The fraction of sp³-hybridized carbons (Fsp3) is 0.636. The molecule has 0 unspecified atom stereocenters. The molecule has 2 aromatic rings. The van der Waals surface area contributed by atoms with E-state index in [1.165, 1.54) is 51.4 Å². The van der Waals surface area contributed by atoms with Crippen molar-refractivity contribution in [2.45, 2.75) is 98.5 Å². The lowest BCUT2D eigenvalue weighted by molar-refractivity contribution is 0.0280. The van der Waals surface area contributed by atoms with Crippen molar-refractivity contribution < 1.29 is 19.0 Å². The quantitative estimate of drug-likeness (QED) is 0.187. The molecule has 1 aliphatic carbocycles. The third-order valence-electron chi connectivity index (χ3n) is 6.29. The van der Waals surface area contributed by atoms with E-state index in [0.29, 0.717) is 23.1 Å². The van der Waals surface area contributed by atoms with Gasteiger partial charge in [-0.3, -0.25) is 4.79 Å². The van der Waals surface area contributed by atoms with Crippen LogP contribution >= 0.6 is 0 Å². The number of methoxy groups -OCH3 is 1. The SMILES string of the molecule is C.CCCCC.CCOCCCNc1ccc(C(=O)Nc2cccc(OC)c2)cn1.NCCCOC1CCCCC1. The van der Waals surface area contributed by atoms with Crippen LogP contribution in [0.15, 0.2) is 42.6 Å². The summed E-state index contributed by atoms with van der Waals surface area (Å²) >= 11 is 0. The average Bonchev–Trinajstić information content (AvgIpc) is 2.99. The number of anilines is 2. The zero-order valence-corrected chi connectivity index (χ0v) is 25.4. The normalized spacial score (nSPS) is 12.5. The first-order valence-corrected chi connectivity index (χ1v) is 15.1. The van der Waals surface area contributed by atoms with E-state index in [4.69, 9.17) is 19.9 Å². The van der Waals surface area contributed by atoms with Gasteiger partial charge in [-0.15, -0.1) is 0 Å². The highest BCUT2D eigenvalue weighted by atomic mass is 16.5. The van der Waals surface area contributed by atoms with E-state index in [-0.39, 0.29) is 13.3 Å². The summed E-state index contributed by atoms with van der Waals surface area (Å²) in [5.74, 6) is 1.22. The number of carbonyl (C=O) groups excluding carboxylic acids is 1. The van der Waals surface area contributed by atoms with Gasteiger partial charge in [0.05, 0.1) is 18.8 Å². The van der Waals surface area contributed by atoms with Crippen LogP contribution in [0, 0.1) is 0 Å². The highest BCUT2D eigenvalue weighted by molar-refractivity contribution is 6.04. The van der Waals surface area contributed by atoms with E-state index in [1.807, 2.05) is 25.1 Å². The van der Waals surface area contributed by atoms with Crippen LogP contribution in [0.25, 0.3) is 0 Å².